The van der Waals surface area contributed by atoms with Crippen LogP contribution in [0.1, 0.15) is 35.7 Å². The van der Waals surface area contributed by atoms with Crippen molar-refractivity contribution in [2.24, 2.45) is 0 Å². The second-order valence-corrected chi connectivity index (χ2v) is 4.57. The van der Waals surface area contributed by atoms with Gasteiger partial charge in [0.2, 0.25) is 0 Å². The zero-order chi connectivity index (χ0) is 13.0. The summed E-state index contributed by atoms with van der Waals surface area (Å²) in [7, 11) is 0. The maximum absolute atomic E-state index is 11.7. The largest absolute Gasteiger partial charge is 0.508 e. The number of ether oxygens (including phenoxy) is 1. The van der Waals surface area contributed by atoms with E-state index in [0.717, 1.165) is 12.8 Å². The number of aromatic hydroxyl groups is 2. The minimum atomic E-state index is -0.592. The van der Waals surface area contributed by atoms with Crippen molar-refractivity contribution < 1.29 is 19.7 Å². The van der Waals surface area contributed by atoms with Gasteiger partial charge in [0, 0.05) is 10.0 Å². The molecule has 0 aliphatic heterocycles. The topological polar surface area (TPSA) is 66.8 Å². The molecule has 0 radical (unpaired) electrons. The summed E-state index contributed by atoms with van der Waals surface area (Å²) in [5.41, 5.74) is 0.312. The molecule has 2 N–H and O–H groups in total. The van der Waals surface area contributed by atoms with Gasteiger partial charge in [-0.1, -0.05) is 13.3 Å². The van der Waals surface area contributed by atoms with Gasteiger partial charge in [0.15, 0.2) is 0 Å². The van der Waals surface area contributed by atoms with Crippen molar-refractivity contribution in [1.29, 1.82) is 0 Å². The van der Waals surface area contributed by atoms with E-state index >= 15 is 0 Å². The van der Waals surface area contributed by atoms with E-state index in [4.69, 9.17) is 4.74 Å². The maximum atomic E-state index is 11.7. The SMILES string of the molecule is CCCCOC(=O)c1c(Br)cc(O)c(C)c1O. The molecule has 1 aromatic carbocycles. The van der Waals surface area contributed by atoms with Crippen molar-refractivity contribution in [3.8, 4) is 11.5 Å². The van der Waals surface area contributed by atoms with Crippen LogP contribution in [0.5, 0.6) is 11.5 Å². The first kappa shape index (κ1) is 13.8. The summed E-state index contributed by atoms with van der Waals surface area (Å²) < 4.78 is 5.33. The van der Waals surface area contributed by atoms with Gasteiger partial charge in [0.05, 0.1) is 6.61 Å². The fourth-order valence-electron chi connectivity index (χ4n) is 1.30. The van der Waals surface area contributed by atoms with Gasteiger partial charge in [-0.05, 0) is 35.3 Å². The Balaban J connectivity index is 2.97. The number of halogens is 1. The quantitative estimate of drug-likeness (QED) is 0.662. The molecule has 5 heteroatoms. The standard InChI is InChI=1S/C12H15BrO4/c1-3-4-5-17-12(16)10-8(13)6-9(14)7(2)11(10)15/h6,14-15H,3-5H2,1-2H3. The Morgan fingerprint density at radius 3 is 2.71 bits per heavy atom. The second-order valence-electron chi connectivity index (χ2n) is 3.72. The Morgan fingerprint density at radius 2 is 2.12 bits per heavy atom. The molecule has 1 aromatic rings. The minimum absolute atomic E-state index is 0.0522. The van der Waals surface area contributed by atoms with Crippen LogP contribution in [0.4, 0.5) is 0 Å². The normalized spacial score (nSPS) is 10.3. The molecule has 0 fully saturated rings. The molecule has 0 saturated carbocycles. The Hall–Kier alpha value is -1.23. The van der Waals surface area contributed by atoms with Gasteiger partial charge in [-0.2, -0.15) is 0 Å². The molecular weight excluding hydrogens is 288 g/mol. The van der Waals surface area contributed by atoms with Crippen LogP contribution in [0.2, 0.25) is 0 Å². The molecule has 0 atom stereocenters. The lowest BCUT2D eigenvalue weighted by atomic mass is 10.1. The molecule has 94 valence electrons. The van der Waals surface area contributed by atoms with Gasteiger partial charge in [-0.25, -0.2) is 4.79 Å². The van der Waals surface area contributed by atoms with Crippen molar-refractivity contribution in [2.45, 2.75) is 26.7 Å². The third kappa shape index (κ3) is 3.12. The molecule has 0 bridgehead atoms. The van der Waals surface area contributed by atoms with E-state index in [1.54, 1.807) is 0 Å². The molecule has 0 aliphatic rings. The maximum Gasteiger partial charge on any atom is 0.343 e. The highest BCUT2D eigenvalue weighted by molar-refractivity contribution is 9.10. The number of phenolic OH excluding ortho intramolecular Hbond substituents is 2. The first-order valence-corrected chi connectivity index (χ1v) is 6.16. The number of hydrogen-bond acceptors (Lipinski definition) is 4. The Kier molecular flexibility index (Phi) is 4.81. The summed E-state index contributed by atoms with van der Waals surface area (Å²) in [6.07, 6.45) is 1.70. The second kappa shape index (κ2) is 5.91. The third-order valence-electron chi connectivity index (χ3n) is 2.41. The smallest absolute Gasteiger partial charge is 0.343 e. The predicted molar refractivity (Wildman–Crippen MR) is 67.4 cm³/mol. The average Bonchev–Trinajstić information content (AvgIpc) is 2.26. The van der Waals surface area contributed by atoms with E-state index in [1.807, 2.05) is 6.92 Å². The van der Waals surface area contributed by atoms with Crippen molar-refractivity contribution in [3.63, 3.8) is 0 Å². The molecule has 4 nitrogen and oxygen atoms in total. The van der Waals surface area contributed by atoms with Gasteiger partial charge in [0.25, 0.3) is 0 Å². The number of unbranched alkanes of at least 4 members (excludes halogenated alkanes) is 1. The van der Waals surface area contributed by atoms with Crippen LogP contribution in [0, 0.1) is 6.92 Å². The molecule has 0 aromatic heterocycles. The first-order valence-electron chi connectivity index (χ1n) is 5.37. The Morgan fingerprint density at radius 1 is 1.47 bits per heavy atom. The molecule has 0 spiro atoms. The van der Waals surface area contributed by atoms with Gasteiger partial charge in [-0.15, -0.1) is 0 Å². The molecule has 0 aliphatic carbocycles. The summed E-state index contributed by atoms with van der Waals surface area (Å²) in [6, 6.07) is 1.37. The highest BCUT2D eigenvalue weighted by Crippen LogP contribution is 2.36. The molecule has 0 amide bonds. The van der Waals surface area contributed by atoms with Crippen molar-refractivity contribution in [1.82, 2.24) is 0 Å². The van der Waals surface area contributed by atoms with Gasteiger partial charge in [-0.3, -0.25) is 0 Å². The number of benzene rings is 1. The van der Waals surface area contributed by atoms with E-state index in [9.17, 15) is 15.0 Å². The lowest BCUT2D eigenvalue weighted by Gasteiger charge is -2.10. The zero-order valence-corrected chi connectivity index (χ0v) is 11.4. The fraction of sp³-hybridized carbons (Fsp3) is 0.417. The van der Waals surface area contributed by atoms with Gasteiger partial charge in [0.1, 0.15) is 17.1 Å². The van der Waals surface area contributed by atoms with Crippen LogP contribution in [-0.4, -0.2) is 22.8 Å². The number of hydrogen-bond donors (Lipinski definition) is 2. The number of rotatable bonds is 4. The zero-order valence-electron chi connectivity index (χ0n) is 9.79. The van der Waals surface area contributed by atoms with Crippen LogP contribution in [0.15, 0.2) is 10.5 Å². The number of carbonyl (C=O) groups excluding carboxylic acids is 1. The third-order valence-corrected chi connectivity index (χ3v) is 3.04. The van der Waals surface area contributed by atoms with E-state index in [1.165, 1.54) is 13.0 Å². The van der Waals surface area contributed by atoms with Crippen LogP contribution in [-0.2, 0) is 4.74 Å². The molecule has 17 heavy (non-hydrogen) atoms. The number of esters is 1. The molecule has 0 heterocycles. The lowest BCUT2D eigenvalue weighted by Crippen LogP contribution is -2.08. The predicted octanol–water partition coefficient (Wildman–Crippen LogP) is 3.13. The van der Waals surface area contributed by atoms with E-state index in [2.05, 4.69) is 15.9 Å². The molecule has 0 saturated heterocycles. The van der Waals surface area contributed by atoms with Crippen molar-refractivity contribution >= 4 is 21.9 Å². The molecule has 0 unspecified atom stereocenters. The first-order chi connectivity index (χ1) is 7.99. The summed E-state index contributed by atoms with van der Waals surface area (Å²) in [5, 5.41) is 19.3. The number of carbonyl (C=O) groups is 1. The van der Waals surface area contributed by atoms with E-state index < -0.39 is 5.97 Å². The van der Waals surface area contributed by atoms with Gasteiger partial charge >= 0.3 is 5.97 Å². The summed E-state index contributed by atoms with van der Waals surface area (Å²) in [4.78, 5) is 11.7. The lowest BCUT2D eigenvalue weighted by molar-refractivity contribution is 0.0495. The van der Waals surface area contributed by atoms with Crippen LogP contribution >= 0.6 is 15.9 Å². The van der Waals surface area contributed by atoms with Crippen LogP contribution in [0.3, 0.4) is 0 Å². The van der Waals surface area contributed by atoms with Crippen molar-refractivity contribution in [2.75, 3.05) is 6.61 Å². The van der Waals surface area contributed by atoms with Gasteiger partial charge < -0.3 is 14.9 Å². The summed E-state index contributed by atoms with van der Waals surface area (Å²) in [5.74, 6) is -0.913. The van der Waals surface area contributed by atoms with Crippen LogP contribution < -0.4 is 0 Å². The summed E-state index contributed by atoms with van der Waals surface area (Å²) in [6.45, 7) is 3.84. The van der Waals surface area contributed by atoms with Crippen LogP contribution in [0.25, 0.3) is 0 Å². The molecule has 1 rings (SSSR count). The fourth-order valence-corrected chi connectivity index (χ4v) is 1.86. The minimum Gasteiger partial charge on any atom is -0.508 e. The Bertz CT molecular complexity index is 429. The van der Waals surface area contributed by atoms with E-state index in [-0.39, 0.29) is 22.6 Å². The van der Waals surface area contributed by atoms with E-state index in [0.29, 0.717) is 11.1 Å². The highest BCUT2D eigenvalue weighted by atomic mass is 79.9. The highest BCUT2D eigenvalue weighted by Gasteiger charge is 2.20. The number of phenols is 2. The summed E-state index contributed by atoms with van der Waals surface area (Å²) >= 11 is 3.12. The molecular formula is C12H15BrO4. The van der Waals surface area contributed by atoms with Crippen molar-refractivity contribution in [3.05, 3.63) is 21.7 Å². The Labute approximate surface area is 108 Å². The average molecular weight is 303 g/mol. The monoisotopic (exact) mass is 302 g/mol.